The molecule has 0 atom stereocenters. The Morgan fingerprint density at radius 2 is 2.19 bits per heavy atom. The van der Waals surface area contributed by atoms with Gasteiger partial charge in [0.1, 0.15) is 5.69 Å². The van der Waals surface area contributed by atoms with Crippen LogP contribution in [0.15, 0.2) is 35.4 Å². The Morgan fingerprint density at radius 3 is 3.06 bits per heavy atom. The Bertz CT molecular complexity index is 585. The van der Waals surface area contributed by atoms with Crippen LogP contribution in [0.5, 0.6) is 0 Å². The van der Waals surface area contributed by atoms with Crippen LogP contribution in [-0.2, 0) is 4.79 Å². The number of hydroxylamine groups is 1. The van der Waals surface area contributed by atoms with Crippen molar-refractivity contribution in [3.63, 3.8) is 0 Å². The standard InChI is InChI=1S/C11H8N2O2S/c14-10-6-16-11-7-3-1-2-4-8(7)12-5-9(11)13(10)15/h1-5,15H,6H2. The summed E-state index contributed by atoms with van der Waals surface area (Å²) in [5.41, 5.74) is 1.34. The third-order valence-corrected chi connectivity index (χ3v) is 3.62. The molecule has 2 aromatic rings. The van der Waals surface area contributed by atoms with Gasteiger partial charge in [-0.2, -0.15) is 5.06 Å². The lowest BCUT2D eigenvalue weighted by Crippen LogP contribution is -2.32. The summed E-state index contributed by atoms with van der Waals surface area (Å²) in [4.78, 5) is 16.4. The van der Waals surface area contributed by atoms with Gasteiger partial charge in [0.25, 0.3) is 5.91 Å². The summed E-state index contributed by atoms with van der Waals surface area (Å²) in [5.74, 6) is -0.0492. The molecule has 1 N–H and O–H groups in total. The number of pyridine rings is 1. The van der Waals surface area contributed by atoms with E-state index in [4.69, 9.17) is 0 Å². The van der Waals surface area contributed by atoms with Gasteiger partial charge in [-0.05, 0) is 6.07 Å². The van der Waals surface area contributed by atoms with Crippen LogP contribution in [-0.4, -0.2) is 21.9 Å². The molecule has 0 radical (unpaired) electrons. The molecule has 1 aliphatic rings. The molecule has 3 rings (SSSR count). The number of thioether (sulfide) groups is 1. The van der Waals surface area contributed by atoms with Crippen LogP contribution >= 0.6 is 11.8 Å². The average Bonchev–Trinajstić information content (AvgIpc) is 2.33. The lowest BCUT2D eigenvalue weighted by Gasteiger charge is -2.23. The maximum atomic E-state index is 11.3. The first-order chi connectivity index (χ1) is 7.77. The van der Waals surface area contributed by atoms with Crippen molar-refractivity contribution < 1.29 is 10.0 Å². The summed E-state index contributed by atoms with van der Waals surface area (Å²) in [5, 5.41) is 11.3. The topological polar surface area (TPSA) is 53.4 Å². The number of carbonyl (C=O) groups excluding carboxylic acids is 1. The van der Waals surface area contributed by atoms with Crippen LogP contribution in [0.25, 0.3) is 10.9 Å². The monoisotopic (exact) mass is 232 g/mol. The first-order valence-corrected chi connectivity index (χ1v) is 5.78. The summed E-state index contributed by atoms with van der Waals surface area (Å²) in [6.07, 6.45) is 1.53. The van der Waals surface area contributed by atoms with E-state index in [1.807, 2.05) is 24.3 Å². The fraction of sp³-hybridized carbons (Fsp3) is 0.0909. The highest BCUT2D eigenvalue weighted by Gasteiger charge is 2.25. The summed E-state index contributed by atoms with van der Waals surface area (Å²) in [6, 6.07) is 7.69. The lowest BCUT2D eigenvalue weighted by atomic mass is 10.2. The van der Waals surface area contributed by atoms with Crippen molar-refractivity contribution in [3.8, 4) is 0 Å². The van der Waals surface area contributed by atoms with Crippen LogP contribution in [0.2, 0.25) is 0 Å². The molecule has 0 aliphatic carbocycles. The van der Waals surface area contributed by atoms with E-state index < -0.39 is 0 Å². The van der Waals surface area contributed by atoms with Crippen LogP contribution in [0.1, 0.15) is 0 Å². The van der Waals surface area contributed by atoms with Crippen molar-refractivity contribution in [2.24, 2.45) is 0 Å². The second-order valence-electron chi connectivity index (χ2n) is 3.48. The smallest absolute Gasteiger partial charge is 0.261 e. The minimum absolute atomic E-state index is 0.261. The van der Waals surface area contributed by atoms with E-state index in [1.54, 1.807) is 0 Å². The van der Waals surface area contributed by atoms with Gasteiger partial charge in [0, 0.05) is 10.3 Å². The van der Waals surface area contributed by atoms with Crippen molar-refractivity contribution in [2.45, 2.75) is 4.90 Å². The number of amides is 1. The van der Waals surface area contributed by atoms with Gasteiger partial charge >= 0.3 is 0 Å². The number of benzene rings is 1. The van der Waals surface area contributed by atoms with Crippen molar-refractivity contribution in [1.82, 2.24) is 4.98 Å². The number of carbonyl (C=O) groups is 1. The highest BCUT2D eigenvalue weighted by Crippen LogP contribution is 2.38. The molecular formula is C11H8N2O2S. The second-order valence-corrected chi connectivity index (χ2v) is 4.47. The van der Waals surface area contributed by atoms with Crippen molar-refractivity contribution >= 4 is 34.3 Å². The van der Waals surface area contributed by atoms with E-state index in [0.29, 0.717) is 10.8 Å². The molecule has 0 spiro atoms. The summed E-state index contributed by atoms with van der Waals surface area (Å²) in [6.45, 7) is 0. The third-order valence-electron chi connectivity index (χ3n) is 2.51. The van der Waals surface area contributed by atoms with Gasteiger partial charge in [0.05, 0.1) is 17.5 Å². The zero-order valence-electron chi connectivity index (χ0n) is 8.25. The number of rotatable bonds is 0. The van der Waals surface area contributed by atoms with Gasteiger partial charge < -0.3 is 0 Å². The van der Waals surface area contributed by atoms with E-state index in [0.717, 1.165) is 15.8 Å². The molecule has 16 heavy (non-hydrogen) atoms. The predicted molar refractivity (Wildman–Crippen MR) is 61.7 cm³/mol. The SMILES string of the molecule is O=C1CSc2c(cnc3ccccc23)N1O. The Labute approximate surface area is 95.8 Å². The molecule has 1 amide bonds. The van der Waals surface area contributed by atoms with E-state index in [1.165, 1.54) is 18.0 Å². The quantitative estimate of drug-likeness (QED) is 0.706. The molecule has 0 unspecified atom stereocenters. The van der Waals surface area contributed by atoms with Crippen LogP contribution in [0.4, 0.5) is 5.69 Å². The zero-order valence-corrected chi connectivity index (χ0v) is 9.07. The maximum absolute atomic E-state index is 11.3. The predicted octanol–water partition coefficient (Wildman–Crippen LogP) is 2.06. The summed E-state index contributed by atoms with van der Waals surface area (Å²) >= 11 is 1.44. The highest BCUT2D eigenvalue weighted by molar-refractivity contribution is 8.00. The number of hydrogen-bond donors (Lipinski definition) is 1. The molecule has 1 aromatic carbocycles. The molecule has 0 saturated carbocycles. The van der Waals surface area contributed by atoms with Gasteiger partial charge in [-0.25, -0.2) is 0 Å². The maximum Gasteiger partial charge on any atom is 0.261 e. The fourth-order valence-corrected chi connectivity index (χ4v) is 2.74. The van der Waals surface area contributed by atoms with Crippen LogP contribution in [0, 0.1) is 0 Å². The van der Waals surface area contributed by atoms with Crippen molar-refractivity contribution in [3.05, 3.63) is 30.5 Å². The molecule has 0 fully saturated rings. The van der Waals surface area contributed by atoms with Crippen molar-refractivity contribution in [1.29, 1.82) is 0 Å². The number of hydrogen-bond acceptors (Lipinski definition) is 4. The molecule has 2 heterocycles. The molecule has 1 aliphatic heterocycles. The molecule has 5 heteroatoms. The van der Waals surface area contributed by atoms with Gasteiger partial charge in [-0.1, -0.05) is 18.2 Å². The van der Waals surface area contributed by atoms with Gasteiger partial charge in [-0.15, -0.1) is 11.8 Å². The average molecular weight is 232 g/mol. The molecule has 4 nitrogen and oxygen atoms in total. The van der Waals surface area contributed by atoms with E-state index >= 15 is 0 Å². The minimum atomic E-state index is -0.311. The first kappa shape index (κ1) is 9.62. The van der Waals surface area contributed by atoms with Gasteiger partial charge in [0.15, 0.2) is 0 Å². The summed E-state index contributed by atoms with van der Waals surface area (Å²) < 4.78 is 0. The molecular weight excluding hydrogens is 224 g/mol. The lowest BCUT2D eigenvalue weighted by molar-refractivity contribution is -0.121. The van der Waals surface area contributed by atoms with E-state index in [9.17, 15) is 10.0 Å². The number of nitrogens with zero attached hydrogens (tertiary/aromatic N) is 2. The van der Waals surface area contributed by atoms with Crippen LogP contribution in [0.3, 0.4) is 0 Å². The molecule has 1 aromatic heterocycles. The normalized spacial score (nSPS) is 15.3. The third kappa shape index (κ3) is 1.29. The Hall–Kier alpha value is -1.59. The largest absolute Gasteiger partial charge is 0.281 e. The zero-order chi connectivity index (χ0) is 11.1. The number of fused-ring (bicyclic) bond motifs is 3. The Balaban J connectivity index is 2.31. The Kier molecular flexibility index (Phi) is 2.08. The number of para-hydroxylation sites is 1. The summed E-state index contributed by atoms with van der Waals surface area (Å²) in [7, 11) is 0. The van der Waals surface area contributed by atoms with Gasteiger partial charge in [-0.3, -0.25) is 15.0 Å². The first-order valence-electron chi connectivity index (χ1n) is 4.80. The highest BCUT2D eigenvalue weighted by atomic mass is 32.2. The van der Waals surface area contributed by atoms with E-state index in [-0.39, 0.29) is 11.7 Å². The van der Waals surface area contributed by atoms with Gasteiger partial charge in [0.2, 0.25) is 0 Å². The molecule has 80 valence electrons. The fourth-order valence-electron chi connectivity index (χ4n) is 1.74. The second kappa shape index (κ2) is 3.47. The van der Waals surface area contributed by atoms with Crippen LogP contribution < -0.4 is 5.06 Å². The Morgan fingerprint density at radius 1 is 1.38 bits per heavy atom. The molecule has 0 bridgehead atoms. The number of aromatic nitrogens is 1. The van der Waals surface area contributed by atoms with E-state index in [2.05, 4.69) is 4.98 Å². The number of anilines is 1. The van der Waals surface area contributed by atoms with Crippen molar-refractivity contribution in [2.75, 3.05) is 10.8 Å². The molecule has 0 saturated heterocycles. The minimum Gasteiger partial charge on any atom is -0.281 e.